The first-order valence-corrected chi connectivity index (χ1v) is 8.02. The van der Waals surface area contributed by atoms with E-state index in [-0.39, 0.29) is 5.91 Å². The van der Waals surface area contributed by atoms with Crippen molar-refractivity contribution < 1.29 is 4.79 Å². The Balaban J connectivity index is 1.68. The number of piperazine rings is 1. The predicted octanol–water partition coefficient (Wildman–Crippen LogP) is 1.70. The van der Waals surface area contributed by atoms with Crippen LogP contribution in [0.15, 0.2) is 18.2 Å². The molecule has 3 rings (SSSR count). The smallest absolute Gasteiger partial charge is 0.254 e. The van der Waals surface area contributed by atoms with Gasteiger partial charge in [0.25, 0.3) is 5.91 Å². The molecule has 6 nitrogen and oxygen atoms in total. The number of carbonyl (C=O) groups is 1. The quantitative estimate of drug-likeness (QED) is 0.853. The molecule has 116 valence electrons. The third-order valence-electron chi connectivity index (χ3n) is 3.85. The molecule has 1 fully saturated rings. The first-order chi connectivity index (χ1) is 10.5. The Morgan fingerprint density at radius 2 is 1.95 bits per heavy atom. The van der Waals surface area contributed by atoms with E-state index in [0.29, 0.717) is 24.3 Å². The second kappa shape index (κ2) is 5.92. The number of nitrogens with zero attached hydrogens (tertiary/aromatic N) is 4. The zero-order chi connectivity index (χ0) is 15.7. The fraction of sp³-hybridized carbons (Fsp3) is 0.400. The Labute approximate surface area is 133 Å². The molecule has 0 atom stereocenters. The Kier molecular flexibility index (Phi) is 3.98. The molecule has 2 heterocycles. The molecule has 0 saturated carbocycles. The molecule has 1 aliphatic rings. The average Bonchev–Trinajstić information content (AvgIpc) is 2.96. The minimum absolute atomic E-state index is 0.0536. The highest BCUT2D eigenvalue weighted by atomic mass is 32.1. The van der Waals surface area contributed by atoms with E-state index in [4.69, 9.17) is 5.73 Å². The molecule has 0 unspecified atom stereocenters. The number of hydrogen-bond donors (Lipinski definition) is 1. The van der Waals surface area contributed by atoms with Crippen molar-refractivity contribution in [1.29, 1.82) is 0 Å². The normalized spacial score (nSPS) is 15.2. The second-order valence-corrected chi connectivity index (χ2v) is 6.21. The molecule has 22 heavy (non-hydrogen) atoms. The molecule has 0 radical (unpaired) electrons. The minimum atomic E-state index is 0.0536. The summed E-state index contributed by atoms with van der Waals surface area (Å²) in [7, 11) is 0. The van der Waals surface area contributed by atoms with Crippen LogP contribution >= 0.6 is 11.5 Å². The maximum absolute atomic E-state index is 12.6. The van der Waals surface area contributed by atoms with Crippen molar-refractivity contribution in [3.05, 3.63) is 35.2 Å². The predicted molar refractivity (Wildman–Crippen MR) is 88.4 cm³/mol. The van der Waals surface area contributed by atoms with Crippen LogP contribution in [0.5, 0.6) is 0 Å². The Hall–Kier alpha value is -2.15. The second-order valence-electron chi connectivity index (χ2n) is 5.48. The number of carbonyl (C=O) groups excluding carboxylic acids is 1. The monoisotopic (exact) mass is 317 g/mol. The summed E-state index contributed by atoms with van der Waals surface area (Å²) in [6.07, 6.45) is 0. The lowest BCUT2D eigenvalue weighted by atomic mass is 10.1. The number of aromatic nitrogens is 2. The summed E-state index contributed by atoms with van der Waals surface area (Å²) in [6.45, 7) is 6.76. The van der Waals surface area contributed by atoms with Gasteiger partial charge < -0.3 is 15.5 Å². The van der Waals surface area contributed by atoms with Gasteiger partial charge in [0.15, 0.2) is 0 Å². The topological polar surface area (TPSA) is 75.4 Å². The minimum Gasteiger partial charge on any atom is -0.399 e. The van der Waals surface area contributed by atoms with E-state index in [2.05, 4.69) is 14.3 Å². The van der Waals surface area contributed by atoms with E-state index in [1.165, 1.54) is 11.5 Å². The van der Waals surface area contributed by atoms with Crippen LogP contribution in [-0.2, 0) is 0 Å². The van der Waals surface area contributed by atoms with Gasteiger partial charge in [0, 0.05) is 49.0 Å². The highest BCUT2D eigenvalue weighted by Crippen LogP contribution is 2.20. The van der Waals surface area contributed by atoms with Gasteiger partial charge >= 0.3 is 0 Å². The highest BCUT2D eigenvalue weighted by Gasteiger charge is 2.24. The van der Waals surface area contributed by atoms with Crippen LogP contribution < -0.4 is 10.6 Å². The van der Waals surface area contributed by atoms with Crippen molar-refractivity contribution in [2.24, 2.45) is 0 Å². The number of nitrogens with two attached hydrogens (primary N) is 1. The highest BCUT2D eigenvalue weighted by molar-refractivity contribution is 7.09. The van der Waals surface area contributed by atoms with Crippen LogP contribution in [0.2, 0.25) is 0 Å². The molecule has 2 aromatic rings. The summed E-state index contributed by atoms with van der Waals surface area (Å²) in [5.41, 5.74) is 8.08. The molecule has 1 saturated heterocycles. The molecule has 1 amide bonds. The largest absolute Gasteiger partial charge is 0.399 e. The van der Waals surface area contributed by atoms with Crippen molar-refractivity contribution in [1.82, 2.24) is 14.3 Å². The first-order valence-electron chi connectivity index (χ1n) is 7.25. The van der Waals surface area contributed by atoms with Crippen LogP contribution in [0.4, 0.5) is 10.8 Å². The summed E-state index contributed by atoms with van der Waals surface area (Å²) in [5, 5.41) is 0.935. The summed E-state index contributed by atoms with van der Waals surface area (Å²) in [5.74, 6) is 0.854. The van der Waals surface area contributed by atoms with Gasteiger partial charge in [-0.25, -0.2) is 4.98 Å². The lowest BCUT2D eigenvalue weighted by molar-refractivity contribution is 0.0746. The third kappa shape index (κ3) is 2.89. The van der Waals surface area contributed by atoms with Gasteiger partial charge in [-0.1, -0.05) is 6.07 Å². The Morgan fingerprint density at radius 1 is 1.23 bits per heavy atom. The van der Waals surface area contributed by atoms with Crippen LogP contribution in [0, 0.1) is 13.8 Å². The van der Waals surface area contributed by atoms with Crippen molar-refractivity contribution in [2.75, 3.05) is 36.8 Å². The molecule has 1 aromatic heterocycles. The third-order valence-corrected chi connectivity index (χ3v) is 4.71. The molecule has 1 aliphatic heterocycles. The summed E-state index contributed by atoms with van der Waals surface area (Å²) < 4.78 is 4.21. The lowest BCUT2D eigenvalue weighted by Gasteiger charge is -2.34. The number of nitrogen functional groups attached to an aromatic ring is 1. The maximum Gasteiger partial charge on any atom is 0.254 e. The van der Waals surface area contributed by atoms with Crippen LogP contribution in [0.3, 0.4) is 0 Å². The van der Waals surface area contributed by atoms with E-state index in [1.807, 2.05) is 30.9 Å². The fourth-order valence-electron chi connectivity index (χ4n) is 2.56. The molecule has 1 aromatic carbocycles. The van der Waals surface area contributed by atoms with E-state index in [9.17, 15) is 4.79 Å². The zero-order valence-corrected chi connectivity index (χ0v) is 13.6. The Morgan fingerprint density at radius 3 is 2.59 bits per heavy atom. The van der Waals surface area contributed by atoms with Gasteiger partial charge in [-0.2, -0.15) is 4.37 Å². The number of hydrogen-bond acceptors (Lipinski definition) is 6. The number of benzene rings is 1. The van der Waals surface area contributed by atoms with Crippen LogP contribution in [0.25, 0.3) is 0 Å². The van der Waals surface area contributed by atoms with Gasteiger partial charge in [-0.05, 0) is 31.5 Å². The average molecular weight is 317 g/mol. The van der Waals surface area contributed by atoms with Gasteiger partial charge in [-0.15, -0.1) is 0 Å². The molecule has 0 spiro atoms. The van der Waals surface area contributed by atoms with Gasteiger partial charge in [0.05, 0.1) is 0 Å². The fourth-order valence-corrected chi connectivity index (χ4v) is 3.28. The van der Waals surface area contributed by atoms with Crippen LogP contribution in [-0.4, -0.2) is 46.3 Å². The van der Waals surface area contributed by atoms with E-state index in [1.54, 1.807) is 6.07 Å². The number of rotatable bonds is 2. The van der Waals surface area contributed by atoms with E-state index in [0.717, 1.165) is 29.6 Å². The number of amides is 1. The molecule has 2 N–H and O–H groups in total. The Bertz CT molecular complexity index is 691. The molecular formula is C15H19N5OS. The number of anilines is 2. The first kappa shape index (κ1) is 14.8. The lowest BCUT2D eigenvalue weighted by Crippen LogP contribution is -2.49. The maximum atomic E-state index is 12.6. The van der Waals surface area contributed by atoms with Crippen molar-refractivity contribution >= 4 is 28.3 Å². The number of aryl methyl sites for hydroxylation is 2. The van der Waals surface area contributed by atoms with Gasteiger partial charge in [-0.3, -0.25) is 4.79 Å². The SMILES string of the molecule is Cc1nsc(N2CCN(C(=O)c3cc(N)ccc3C)CC2)n1. The molecule has 7 heteroatoms. The van der Waals surface area contributed by atoms with Gasteiger partial charge in [0.1, 0.15) is 5.82 Å². The van der Waals surface area contributed by atoms with Gasteiger partial charge in [0.2, 0.25) is 5.13 Å². The standard InChI is InChI=1S/C15H19N5OS/c1-10-3-4-12(16)9-13(10)14(21)19-5-7-20(8-6-19)15-17-11(2)18-22-15/h3-4,9H,5-8,16H2,1-2H3. The molecule has 0 bridgehead atoms. The van der Waals surface area contributed by atoms with E-state index >= 15 is 0 Å². The van der Waals surface area contributed by atoms with E-state index < -0.39 is 0 Å². The van der Waals surface area contributed by atoms with Crippen LogP contribution in [0.1, 0.15) is 21.7 Å². The zero-order valence-electron chi connectivity index (χ0n) is 12.7. The summed E-state index contributed by atoms with van der Waals surface area (Å²) in [4.78, 5) is 21.1. The molecule has 0 aliphatic carbocycles. The van der Waals surface area contributed by atoms with Crippen molar-refractivity contribution in [3.8, 4) is 0 Å². The van der Waals surface area contributed by atoms with Crippen molar-refractivity contribution in [3.63, 3.8) is 0 Å². The van der Waals surface area contributed by atoms with Crippen molar-refractivity contribution in [2.45, 2.75) is 13.8 Å². The molecular weight excluding hydrogens is 298 g/mol. The summed E-state index contributed by atoms with van der Waals surface area (Å²) >= 11 is 1.41. The summed E-state index contributed by atoms with van der Waals surface area (Å²) in [6, 6.07) is 5.48.